The quantitative estimate of drug-likeness (QED) is 0.443. The predicted octanol–water partition coefficient (Wildman–Crippen LogP) is 4.03. The zero-order valence-electron chi connectivity index (χ0n) is 19.7. The molecule has 0 amide bonds. The van der Waals surface area contributed by atoms with Gasteiger partial charge in [-0.1, -0.05) is 12.1 Å². The van der Waals surface area contributed by atoms with Crippen molar-refractivity contribution in [2.24, 2.45) is 0 Å². The second-order valence-corrected chi connectivity index (χ2v) is 10.1. The van der Waals surface area contributed by atoms with Crippen molar-refractivity contribution in [1.29, 1.82) is 0 Å². The number of nitrogens with zero attached hydrogens (tertiary/aromatic N) is 1. The number of carboxylic acid groups (broad SMARTS) is 1. The highest BCUT2D eigenvalue weighted by atomic mass is 32.2. The van der Waals surface area contributed by atoms with E-state index in [1.165, 1.54) is 29.6 Å². The lowest BCUT2D eigenvalue weighted by Gasteiger charge is -2.28. The third-order valence-electron chi connectivity index (χ3n) is 5.72. The number of fused-ring (bicyclic) bond motifs is 1. The molecule has 1 unspecified atom stereocenters. The number of hydrogen-bond donors (Lipinski definition) is 1. The van der Waals surface area contributed by atoms with Gasteiger partial charge in [-0.2, -0.15) is 8.42 Å². The maximum absolute atomic E-state index is 13.7. The van der Waals surface area contributed by atoms with Gasteiger partial charge in [-0.15, -0.1) is 0 Å². The third kappa shape index (κ3) is 5.28. The summed E-state index contributed by atoms with van der Waals surface area (Å²) >= 11 is 0. The van der Waals surface area contributed by atoms with E-state index in [0.29, 0.717) is 36.0 Å². The number of ether oxygens (including phenoxy) is 3. The highest BCUT2D eigenvalue weighted by Crippen LogP contribution is 2.41. The first-order chi connectivity index (χ1) is 16.7. The van der Waals surface area contributed by atoms with Gasteiger partial charge in [0.05, 0.1) is 30.5 Å². The maximum atomic E-state index is 13.7. The summed E-state index contributed by atoms with van der Waals surface area (Å²) < 4.78 is 51.2. The van der Waals surface area contributed by atoms with Crippen molar-refractivity contribution in [3.05, 3.63) is 71.0 Å². The molecule has 0 bridgehead atoms. The normalized spacial score (nSPS) is 13.7. The zero-order valence-corrected chi connectivity index (χ0v) is 20.5. The SMILES string of the molecule is COC(C)CN(c1cc2c(cc1OCc1ccc(C(=O)O)cc1)OCC2)S(=O)(=O)c1ccc(C)o1. The van der Waals surface area contributed by atoms with E-state index in [1.807, 2.05) is 0 Å². The Morgan fingerprint density at radius 3 is 2.54 bits per heavy atom. The third-order valence-corrected chi connectivity index (χ3v) is 7.37. The number of hydrogen-bond acceptors (Lipinski definition) is 7. The molecule has 1 atom stereocenters. The highest BCUT2D eigenvalue weighted by Gasteiger charge is 2.33. The zero-order chi connectivity index (χ0) is 25.2. The van der Waals surface area contributed by atoms with Gasteiger partial charge in [-0.3, -0.25) is 4.31 Å². The van der Waals surface area contributed by atoms with Crippen molar-refractivity contribution in [3.63, 3.8) is 0 Å². The molecule has 2 heterocycles. The minimum absolute atomic E-state index is 0.0297. The molecule has 35 heavy (non-hydrogen) atoms. The van der Waals surface area contributed by atoms with Crippen LogP contribution < -0.4 is 13.8 Å². The summed E-state index contributed by atoms with van der Waals surface area (Å²) in [7, 11) is -2.56. The fraction of sp³-hybridized carbons (Fsp3) is 0.320. The van der Waals surface area contributed by atoms with Crippen LogP contribution >= 0.6 is 0 Å². The van der Waals surface area contributed by atoms with Gasteiger partial charge in [0.25, 0.3) is 10.0 Å². The molecule has 3 aromatic rings. The predicted molar refractivity (Wildman–Crippen MR) is 128 cm³/mol. The molecule has 186 valence electrons. The molecule has 0 fully saturated rings. The molecule has 0 spiro atoms. The van der Waals surface area contributed by atoms with E-state index in [-0.39, 0.29) is 23.8 Å². The summed E-state index contributed by atoms with van der Waals surface area (Å²) in [4.78, 5) is 11.1. The molecular formula is C25H27NO8S. The van der Waals surface area contributed by atoms with Gasteiger partial charge in [-0.05, 0) is 55.3 Å². The van der Waals surface area contributed by atoms with Crippen LogP contribution in [0, 0.1) is 6.92 Å². The maximum Gasteiger partial charge on any atom is 0.335 e. The lowest BCUT2D eigenvalue weighted by atomic mass is 10.1. The molecular weight excluding hydrogens is 474 g/mol. The number of carbonyl (C=O) groups is 1. The molecule has 2 aromatic carbocycles. The number of methoxy groups -OCH3 is 1. The van der Waals surface area contributed by atoms with E-state index in [0.717, 1.165) is 11.1 Å². The van der Waals surface area contributed by atoms with E-state index in [2.05, 4.69) is 0 Å². The highest BCUT2D eigenvalue weighted by molar-refractivity contribution is 7.92. The van der Waals surface area contributed by atoms with Crippen LogP contribution in [0.25, 0.3) is 0 Å². The minimum atomic E-state index is -4.08. The van der Waals surface area contributed by atoms with Crippen molar-refractivity contribution in [2.45, 2.75) is 38.1 Å². The van der Waals surface area contributed by atoms with E-state index < -0.39 is 22.1 Å². The Kier molecular flexibility index (Phi) is 7.04. The first kappa shape index (κ1) is 24.6. The number of aryl methyl sites for hydroxylation is 1. The molecule has 0 saturated carbocycles. The number of anilines is 1. The van der Waals surface area contributed by atoms with E-state index in [4.69, 9.17) is 23.7 Å². The Hall–Kier alpha value is -3.50. The summed E-state index contributed by atoms with van der Waals surface area (Å²) in [6.45, 7) is 4.07. The van der Waals surface area contributed by atoms with Gasteiger partial charge in [-0.25, -0.2) is 4.79 Å². The first-order valence-corrected chi connectivity index (χ1v) is 12.5. The van der Waals surface area contributed by atoms with Gasteiger partial charge in [0.1, 0.15) is 23.9 Å². The fourth-order valence-corrected chi connectivity index (χ4v) is 5.20. The lowest BCUT2D eigenvalue weighted by Crippen LogP contribution is -2.37. The molecule has 10 heteroatoms. The summed E-state index contributed by atoms with van der Waals surface area (Å²) in [6.07, 6.45) is 0.231. The van der Waals surface area contributed by atoms with Gasteiger partial charge in [0.15, 0.2) is 0 Å². The fourth-order valence-electron chi connectivity index (χ4n) is 3.70. The number of carboxylic acids is 1. The van der Waals surface area contributed by atoms with Crippen LogP contribution in [0.4, 0.5) is 5.69 Å². The van der Waals surface area contributed by atoms with Crippen LogP contribution in [0.3, 0.4) is 0 Å². The number of rotatable bonds is 10. The molecule has 1 N–H and O–H groups in total. The molecule has 0 saturated heterocycles. The average Bonchev–Trinajstić information content (AvgIpc) is 3.49. The van der Waals surface area contributed by atoms with E-state index in [9.17, 15) is 13.2 Å². The van der Waals surface area contributed by atoms with Gasteiger partial charge >= 0.3 is 5.97 Å². The van der Waals surface area contributed by atoms with E-state index in [1.54, 1.807) is 44.2 Å². The monoisotopic (exact) mass is 501 g/mol. The molecule has 4 rings (SSSR count). The van der Waals surface area contributed by atoms with Crippen LogP contribution in [0.15, 0.2) is 58.0 Å². The van der Waals surface area contributed by atoms with Crippen LogP contribution in [0.5, 0.6) is 11.5 Å². The van der Waals surface area contributed by atoms with Crippen molar-refractivity contribution in [3.8, 4) is 11.5 Å². The summed E-state index contributed by atoms with van der Waals surface area (Å²) in [5, 5.41) is 8.93. The molecule has 1 aliphatic rings. The first-order valence-electron chi connectivity index (χ1n) is 11.1. The summed E-state index contributed by atoms with van der Waals surface area (Å²) in [5.74, 6) is 0.405. The van der Waals surface area contributed by atoms with E-state index >= 15 is 0 Å². The molecule has 9 nitrogen and oxygen atoms in total. The second-order valence-electron chi connectivity index (χ2n) is 8.26. The van der Waals surface area contributed by atoms with Gasteiger partial charge in [0.2, 0.25) is 5.09 Å². The van der Waals surface area contributed by atoms with Crippen molar-refractivity contribution in [2.75, 3.05) is 24.6 Å². The Balaban J connectivity index is 1.74. The molecule has 0 aliphatic carbocycles. The van der Waals surface area contributed by atoms with Crippen LogP contribution in [-0.2, 0) is 27.8 Å². The Morgan fingerprint density at radius 1 is 1.17 bits per heavy atom. The van der Waals surface area contributed by atoms with Gasteiger partial charge in [0, 0.05) is 19.6 Å². The largest absolute Gasteiger partial charge is 0.493 e. The smallest absolute Gasteiger partial charge is 0.335 e. The summed E-state index contributed by atoms with van der Waals surface area (Å²) in [5.41, 5.74) is 2.11. The molecule has 1 aliphatic heterocycles. The Bertz CT molecular complexity index is 1310. The van der Waals surface area contributed by atoms with Crippen molar-refractivity contribution < 1.29 is 36.9 Å². The summed E-state index contributed by atoms with van der Waals surface area (Å²) in [6, 6.07) is 12.8. The van der Waals surface area contributed by atoms with Crippen LogP contribution in [-0.4, -0.2) is 45.9 Å². The minimum Gasteiger partial charge on any atom is -0.493 e. The standard InChI is InChI=1S/C25H27NO8S/c1-16-4-9-24(34-16)35(29,30)26(14-17(2)31-3)21-12-20-10-11-32-22(20)13-23(21)33-15-18-5-7-19(8-6-18)25(27)28/h4-9,12-13,17H,10-11,14-15H2,1-3H3,(H,27,28). The molecule has 0 radical (unpaired) electrons. The van der Waals surface area contributed by atoms with Crippen molar-refractivity contribution >= 4 is 21.7 Å². The Morgan fingerprint density at radius 2 is 1.91 bits per heavy atom. The lowest BCUT2D eigenvalue weighted by molar-refractivity contribution is 0.0696. The number of aromatic carboxylic acids is 1. The number of furan rings is 1. The molecule has 1 aromatic heterocycles. The number of sulfonamides is 1. The number of benzene rings is 2. The Labute approximate surface area is 203 Å². The average molecular weight is 502 g/mol. The second kappa shape index (κ2) is 10.0. The van der Waals surface area contributed by atoms with Gasteiger partial charge < -0.3 is 23.7 Å². The topological polar surface area (TPSA) is 116 Å². The van der Waals surface area contributed by atoms with Crippen molar-refractivity contribution in [1.82, 2.24) is 0 Å². The van der Waals surface area contributed by atoms with Crippen LogP contribution in [0.1, 0.15) is 34.2 Å². The van der Waals surface area contributed by atoms with Crippen LogP contribution in [0.2, 0.25) is 0 Å².